The standard InChI is InChI=1S/C10H17N3O3/c1-13-4-2-8(9(13)14)12-10(15)11-7-3-5-16-6-7/h7-8H,2-6H2,1H3,(H2,11,12,15). The van der Waals surface area contributed by atoms with Gasteiger partial charge in [0.2, 0.25) is 5.91 Å². The smallest absolute Gasteiger partial charge is 0.315 e. The monoisotopic (exact) mass is 227 g/mol. The third kappa shape index (κ3) is 2.44. The molecule has 2 unspecified atom stereocenters. The maximum absolute atomic E-state index is 11.6. The third-order valence-electron chi connectivity index (χ3n) is 3.00. The molecule has 0 spiro atoms. The van der Waals surface area contributed by atoms with Crippen LogP contribution < -0.4 is 10.6 Å². The van der Waals surface area contributed by atoms with Gasteiger partial charge in [0.05, 0.1) is 12.6 Å². The number of hydrogen-bond donors (Lipinski definition) is 2. The van der Waals surface area contributed by atoms with Gasteiger partial charge in [-0.15, -0.1) is 0 Å². The average Bonchev–Trinajstić information content (AvgIpc) is 2.83. The Kier molecular flexibility index (Phi) is 3.28. The molecule has 0 radical (unpaired) electrons. The molecule has 2 N–H and O–H groups in total. The van der Waals surface area contributed by atoms with Crippen molar-refractivity contribution in [3.05, 3.63) is 0 Å². The fraction of sp³-hybridized carbons (Fsp3) is 0.800. The highest BCUT2D eigenvalue weighted by molar-refractivity contribution is 5.88. The zero-order valence-electron chi connectivity index (χ0n) is 9.36. The molecule has 0 saturated carbocycles. The first kappa shape index (κ1) is 11.2. The topological polar surface area (TPSA) is 70.7 Å². The van der Waals surface area contributed by atoms with Gasteiger partial charge in [-0.2, -0.15) is 0 Å². The summed E-state index contributed by atoms with van der Waals surface area (Å²) in [7, 11) is 1.74. The highest BCUT2D eigenvalue weighted by atomic mass is 16.5. The molecule has 0 aromatic rings. The number of likely N-dealkylation sites (N-methyl/N-ethyl adjacent to an activating group) is 1. The minimum atomic E-state index is -0.368. The highest BCUT2D eigenvalue weighted by Gasteiger charge is 2.30. The van der Waals surface area contributed by atoms with E-state index in [1.165, 1.54) is 0 Å². The fourth-order valence-corrected chi connectivity index (χ4v) is 1.99. The van der Waals surface area contributed by atoms with E-state index in [4.69, 9.17) is 4.74 Å². The quantitative estimate of drug-likeness (QED) is 0.655. The van der Waals surface area contributed by atoms with E-state index >= 15 is 0 Å². The second kappa shape index (κ2) is 4.69. The van der Waals surface area contributed by atoms with Crippen LogP contribution >= 0.6 is 0 Å². The lowest BCUT2D eigenvalue weighted by atomic mass is 10.2. The third-order valence-corrected chi connectivity index (χ3v) is 3.00. The molecule has 0 aromatic carbocycles. The van der Waals surface area contributed by atoms with E-state index in [1.807, 2.05) is 0 Å². The number of nitrogens with zero attached hydrogens (tertiary/aromatic N) is 1. The van der Waals surface area contributed by atoms with Gasteiger partial charge < -0.3 is 20.3 Å². The summed E-state index contributed by atoms with van der Waals surface area (Å²) in [5.41, 5.74) is 0. The lowest BCUT2D eigenvalue weighted by Crippen LogP contribution is -2.48. The van der Waals surface area contributed by atoms with E-state index in [-0.39, 0.29) is 24.0 Å². The molecule has 2 fully saturated rings. The summed E-state index contributed by atoms with van der Waals surface area (Å²) < 4.78 is 5.15. The van der Waals surface area contributed by atoms with E-state index < -0.39 is 0 Å². The van der Waals surface area contributed by atoms with E-state index in [1.54, 1.807) is 11.9 Å². The molecule has 2 saturated heterocycles. The maximum Gasteiger partial charge on any atom is 0.315 e. The maximum atomic E-state index is 11.6. The first-order valence-corrected chi connectivity index (χ1v) is 5.56. The van der Waals surface area contributed by atoms with Crippen LogP contribution in [0.3, 0.4) is 0 Å². The first-order valence-electron chi connectivity index (χ1n) is 5.56. The van der Waals surface area contributed by atoms with Gasteiger partial charge in [-0.25, -0.2) is 4.79 Å². The van der Waals surface area contributed by atoms with Crippen LogP contribution in [0, 0.1) is 0 Å². The van der Waals surface area contributed by atoms with Gasteiger partial charge in [0.1, 0.15) is 6.04 Å². The van der Waals surface area contributed by atoms with Crippen LogP contribution in [0.15, 0.2) is 0 Å². The number of ether oxygens (including phenoxy) is 1. The molecule has 2 aliphatic heterocycles. The predicted octanol–water partition coefficient (Wildman–Crippen LogP) is -0.695. The van der Waals surface area contributed by atoms with Crippen molar-refractivity contribution in [1.29, 1.82) is 0 Å². The molecule has 2 atom stereocenters. The van der Waals surface area contributed by atoms with E-state index in [0.29, 0.717) is 26.2 Å². The molecule has 6 nitrogen and oxygen atoms in total. The Balaban J connectivity index is 1.76. The summed E-state index contributed by atoms with van der Waals surface area (Å²) in [6.07, 6.45) is 1.52. The minimum Gasteiger partial charge on any atom is -0.379 e. The average molecular weight is 227 g/mol. The molecule has 0 aromatic heterocycles. The molecule has 90 valence electrons. The summed E-state index contributed by atoms with van der Waals surface area (Å²) in [5.74, 6) is -0.0159. The summed E-state index contributed by atoms with van der Waals surface area (Å²) in [5, 5.41) is 5.48. The molecule has 2 aliphatic rings. The Morgan fingerprint density at radius 2 is 2.25 bits per heavy atom. The van der Waals surface area contributed by atoms with Crippen molar-refractivity contribution in [2.24, 2.45) is 0 Å². The predicted molar refractivity (Wildman–Crippen MR) is 56.9 cm³/mol. The Hall–Kier alpha value is -1.30. The van der Waals surface area contributed by atoms with Crippen molar-refractivity contribution < 1.29 is 14.3 Å². The molecule has 3 amide bonds. The number of nitrogens with one attached hydrogen (secondary N) is 2. The van der Waals surface area contributed by atoms with Crippen molar-refractivity contribution >= 4 is 11.9 Å². The lowest BCUT2D eigenvalue weighted by Gasteiger charge is -2.15. The molecule has 6 heteroatoms. The van der Waals surface area contributed by atoms with Gasteiger partial charge in [0.25, 0.3) is 0 Å². The van der Waals surface area contributed by atoms with Gasteiger partial charge in [-0.1, -0.05) is 0 Å². The largest absolute Gasteiger partial charge is 0.379 e. The molecular formula is C10H17N3O3. The molecular weight excluding hydrogens is 210 g/mol. The second-order valence-electron chi connectivity index (χ2n) is 4.28. The number of carbonyl (C=O) groups excluding carboxylic acids is 2. The minimum absolute atomic E-state index is 0.0159. The van der Waals surface area contributed by atoms with Gasteiger partial charge in [0.15, 0.2) is 0 Å². The van der Waals surface area contributed by atoms with Crippen molar-refractivity contribution in [2.75, 3.05) is 26.8 Å². The number of likely N-dealkylation sites (tertiary alicyclic amines) is 1. The van der Waals surface area contributed by atoms with Gasteiger partial charge >= 0.3 is 6.03 Å². The Labute approximate surface area is 94.3 Å². The van der Waals surface area contributed by atoms with E-state index in [0.717, 1.165) is 6.42 Å². The van der Waals surface area contributed by atoms with Crippen molar-refractivity contribution in [3.63, 3.8) is 0 Å². The number of carbonyl (C=O) groups is 2. The van der Waals surface area contributed by atoms with Crippen LogP contribution in [0.4, 0.5) is 4.79 Å². The van der Waals surface area contributed by atoms with Crippen molar-refractivity contribution in [2.45, 2.75) is 24.9 Å². The zero-order valence-corrected chi connectivity index (χ0v) is 9.36. The molecule has 16 heavy (non-hydrogen) atoms. The molecule has 0 aliphatic carbocycles. The molecule has 2 rings (SSSR count). The molecule has 0 bridgehead atoms. The van der Waals surface area contributed by atoms with Gasteiger partial charge in [-0.05, 0) is 12.8 Å². The zero-order chi connectivity index (χ0) is 11.5. The van der Waals surface area contributed by atoms with Crippen LogP contribution in [0.1, 0.15) is 12.8 Å². The second-order valence-corrected chi connectivity index (χ2v) is 4.28. The normalized spacial score (nSPS) is 29.6. The van der Waals surface area contributed by atoms with E-state index in [9.17, 15) is 9.59 Å². The van der Waals surface area contributed by atoms with E-state index in [2.05, 4.69) is 10.6 Å². The lowest BCUT2D eigenvalue weighted by molar-refractivity contribution is -0.128. The summed E-state index contributed by atoms with van der Waals surface area (Å²) >= 11 is 0. The SMILES string of the molecule is CN1CCC(NC(=O)NC2CCOC2)C1=O. The van der Waals surface area contributed by atoms with Crippen LogP contribution in [0.2, 0.25) is 0 Å². The fourth-order valence-electron chi connectivity index (χ4n) is 1.99. The van der Waals surface area contributed by atoms with Crippen molar-refractivity contribution in [1.82, 2.24) is 15.5 Å². The van der Waals surface area contributed by atoms with Crippen LogP contribution in [0.25, 0.3) is 0 Å². The highest BCUT2D eigenvalue weighted by Crippen LogP contribution is 2.08. The number of hydrogen-bond acceptors (Lipinski definition) is 3. The van der Waals surface area contributed by atoms with Gasteiger partial charge in [-0.3, -0.25) is 4.79 Å². The Morgan fingerprint density at radius 3 is 2.81 bits per heavy atom. The summed E-state index contributed by atoms with van der Waals surface area (Å²) in [4.78, 5) is 24.7. The van der Waals surface area contributed by atoms with Crippen LogP contribution in [-0.4, -0.2) is 55.7 Å². The van der Waals surface area contributed by atoms with Crippen LogP contribution in [0.5, 0.6) is 0 Å². The Morgan fingerprint density at radius 1 is 1.44 bits per heavy atom. The summed E-state index contributed by atoms with van der Waals surface area (Å²) in [6, 6.07) is -0.564. The summed E-state index contributed by atoms with van der Waals surface area (Å²) in [6.45, 7) is 1.96. The number of amides is 3. The first-order chi connectivity index (χ1) is 7.66. The van der Waals surface area contributed by atoms with Crippen LogP contribution in [-0.2, 0) is 9.53 Å². The number of rotatable bonds is 2. The van der Waals surface area contributed by atoms with Gasteiger partial charge in [0, 0.05) is 20.2 Å². The van der Waals surface area contributed by atoms with Crippen molar-refractivity contribution in [3.8, 4) is 0 Å². The molecule has 2 heterocycles. The Bertz CT molecular complexity index is 289. The number of urea groups is 1.